The fourth-order valence-electron chi connectivity index (χ4n) is 4.66. The third kappa shape index (κ3) is 3.62. The standard InChI is InChI=1S/C18H33N3O3/c1-13-12-24-9-8-20(13)14-10-16(19-17(22)11-14)21-7-5-6-15(21)18(2,3)23-4/h13-16H,5-12H2,1-4H3,(H,19,22)/t13-,14?,15-,16?/m1/s1. The molecule has 0 radical (unpaired) electrons. The van der Waals surface area contributed by atoms with Crippen LogP contribution in [0.15, 0.2) is 0 Å². The maximum Gasteiger partial charge on any atom is 0.222 e. The van der Waals surface area contributed by atoms with Gasteiger partial charge in [-0.3, -0.25) is 14.6 Å². The smallest absolute Gasteiger partial charge is 0.222 e. The molecule has 3 aliphatic heterocycles. The van der Waals surface area contributed by atoms with Crippen molar-refractivity contribution in [1.29, 1.82) is 0 Å². The van der Waals surface area contributed by atoms with Crippen molar-refractivity contribution in [2.24, 2.45) is 0 Å². The van der Waals surface area contributed by atoms with E-state index in [2.05, 4.69) is 35.9 Å². The average molecular weight is 339 g/mol. The lowest BCUT2D eigenvalue weighted by Gasteiger charge is -2.47. The van der Waals surface area contributed by atoms with Crippen LogP contribution >= 0.6 is 0 Å². The van der Waals surface area contributed by atoms with E-state index in [-0.39, 0.29) is 17.7 Å². The van der Waals surface area contributed by atoms with Crippen LogP contribution in [0.4, 0.5) is 0 Å². The summed E-state index contributed by atoms with van der Waals surface area (Å²) in [7, 11) is 1.79. The van der Waals surface area contributed by atoms with Crippen molar-refractivity contribution in [2.75, 3.05) is 33.4 Å². The molecule has 2 unspecified atom stereocenters. The van der Waals surface area contributed by atoms with Gasteiger partial charge in [0.05, 0.1) is 25.0 Å². The number of hydrogen-bond donors (Lipinski definition) is 1. The molecule has 0 saturated carbocycles. The van der Waals surface area contributed by atoms with E-state index in [9.17, 15) is 4.79 Å². The van der Waals surface area contributed by atoms with Gasteiger partial charge >= 0.3 is 0 Å². The summed E-state index contributed by atoms with van der Waals surface area (Å²) in [5, 5.41) is 3.24. The topological polar surface area (TPSA) is 54.0 Å². The molecule has 3 fully saturated rings. The summed E-state index contributed by atoms with van der Waals surface area (Å²) in [5.41, 5.74) is -0.194. The predicted molar refractivity (Wildman–Crippen MR) is 92.8 cm³/mol. The van der Waals surface area contributed by atoms with Gasteiger partial charge in [0.2, 0.25) is 5.91 Å². The first-order chi connectivity index (χ1) is 11.4. The molecule has 0 aromatic carbocycles. The second-order valence-electron chi connectivity index (χ2n) is 8.04. The number of carbonyl (C=O) groups is 1. The lowest BCUT2D eigenvalue weighted by Crippen LogP contribution is -2.62. The number of ether oxygens (including phenoxy) is 2. The molecule has 1 N–H and O–H groups in total. The molecule has 0 aromatic heterocycles. The van der Waals surface area contributed by atoms with Gasteiger partial charge in [0.25, 0.3) is 0 Å². The monoisotopic (exact) mass is 339 g/mol. The molecular formula is C18H33N3O3. The van der Waals surface area contributed by atoms with Crippen LogP contribution < -0.4 is 5.32 Å². The van der Waals surface area contributed by atoms with Crippen molar-refractivity contribution in [3.05, 3.63) is 0 Å². The summed E-state index contributed by atoms with van der Waals surface area (Å²) >= 11 is 0. The molecule has 4 atom stereocenters. The summed E-state index contributed by atoms with van der Waals surface area (Å²) in [5.74, 6) is 0.177. The van der Waals surface area contributed by atoms with Gasteiger partial charge in [-0.1, -0.05) is 0 Å². The molecule has 0 bridgehead atoms. The minimum absolute atomic E-state index is 0.119. The van der Waals surface area contributed by atoms with Crippen LogP contribution in [0.5, 0.6) is 0 Å². The molecule has 3 rings (SSSR count). The van der Waals surface area contributed by atoms with E-state index < -0.39 is 0 Å². The Labute approximate surface area is 145 Å². The van der Waals surface area contributed by atoms with Crippen molar-refractivity contribution in [1.82, 2.24) is 15.1 Å². The second kappa shape index (κ2) is 7.28. The molecule has 0 spiro atoms. The zero-order valence-electron chi connectivity index (χ0n) is 15.6. The number of nitrogens with one attached hydrogen (secondary N) is 1. The Morgan fingerprint density at radius 1 is 1.29 bits per heavy atom. The summed E-state index contributed by atoms with van der Waals surface area (Å²) in [6.07, 6.45) is 4.02. The Hall–Kier alpha value is -0.690. The predicted octanol–water partition coefficient (Wildman–Crippen LogP) is 1.20. The Bertz CT molecular complexity index is 457. The summed E-state index contributed by atoms with van der Waals surface area (Å²) in [4.78, 5) is 17.3. The van der Waals surface area contributed by atoms with Crippen molar-refractivity contribution in [3.63, 3.8) is 0 Å². The normalized spacial score (nSPS) is 36.8. The third-order valence-corrected chi connectivity index (χ3v) is 6.16. The lowest BCUT2D eigenvalue weighted by atomic mass is 9.93. The molecule has 6 nitrogen and oxygen atoms in total. The molecule has 3 saturated heterocycles. The molecule has 6 heteroatoms. The van der Waals surface area contributed by atoms with Crippen LogP contribution in [0.1, 0.15) is 46.5 Å². The van der Waals surface area contributed by atoms with Gasteiger partial charge < -0.3 is 14.8 Å². The van der Waals surface area contributed by atoms with E-state index in [4.69, 9.17) is 9.47 Å². The van der Waals surface area contributed by atoms with Gasteiger partial charge in [0, 0.05) is 44.7 Å². The number of morpholine rings is 1. The third-order valence-electron chi connectivity index (χ3n) is 6.16. The van der Waals surface area contributed by atoms with Crippen LogP contribution in [0.2, 0.25) is 0 Å². The number of nitrogens with zero attached hydrogens (tertiary/aromatic N) is 2. The number of amides is 1. The molecule has 0 aromatic rings. The Balaban J connectivity index is 1.72. The highest BCUT2D eigenvalue weighted by Crippen LogP contribution is 2.33. The van der Waals surface area contributed by atoms with Crippen molar-refractivity contribution in [2.45, 2.75) is 76.3 Å². The minimum Gasteiger partial charge on any atom is -0.379 e. The molecule has 3 heterocycles. The highest BCUT2D eigenvalue weighted by molar-refractivity contribution is 5.77. The van der Waals surface area contributed by atoms with Gasteiger partial charge in [0.1, 0.15) is 0 Å². The Morgan fingerprint density at radius 2 is 2.08 bits per heavy atom. The van der Waals surface area contributed by atoms with E-state index in [0.29, 0.717) is 24.5 Å². The Kier molecular flexibility index (Phi) is 5.49. The highest BCUT2D eigenvalue weighted by Gasteiger charge is 2.44. The van der Waals surface area contributed by atoms with E-state index in [0.717, 1.165) is 39.1 Å². The first-order valence-corrected chi connectivity index (χ1v) is 9.36. The highest BCUT2D eigenvalue weighted by atomic mass is 16.5. The fourth-order valence-corrected chi connectivity index (χ4v) is 4.66. The molecule has 138 valence electrons. The Morgan fingerprint density at radius 3 is 2.79 bits per heavy atom. The summed E-state index contributed by atoms with van der Waals surface area (Å²) in [6.45, 7) is 10.0. The SMILES string of the molecule is COC(C)(C)[C@H]1CCCN1C1CC(N2CCOC[C@H]2C)CC(=O)N1. The average Bonchev–Trinajstić information content (AvgIpc) is 3.05. The number of likely N-dealkylation sites (tertiary alicyclic amines) is 1. The molecule has 24 heavy (non-hydrogen) atoms. The van der Waals surface area contributed by atoms with Gasteiger partial charge in [-0.05, 0) is 40.0 Å². The van der Waals surface area contributed by atoms with Crippen LogP contribution in [-0.2, 0) is 14.3 Å². The van der Waals surface area contributed by atoms with Gasteiger partial charge in [-0.15, -0.1) is 0 Å². The van der Waals surface area contributed by atoms with Crippen LogP contribution in [0, 0.1) is 0 Å². The first-order valence-electron chi connectivity index (χ1n) is 9.36. The van der Waals surface area contributed by atoms with Crippen LogP contribution in [0.25, 0.3) is 0 Å². The van der Waals surface area contributed by atoms with Gasteiger partial charge in [-0.25, -0.2) is 0 Å². The quantitative estimate of drug-likeness (QED) is 0.834. The number of methoxy groups -OCH3 is 1. The summed E-state index contributed by atoms with van der Waals surface area (Å²) in [6, 6.07) is 1.06. The number of carbonyl (C=O) groups excluding carboxylic acids is 1. The molecule has 0 aliphatic carbocycles. The van der Waals surface area contributed by atoms with Crippen molar-refractivity contribution in [3.8, 4) is 0 Å². The maximum absolute atomic E-state index is 12.4. The minimum atomic E-state index is -0.194. The maximum atomic E-state index is 12.4. The largest absolute Gasteiger partial charge is 0.379 e. The van der Waals surface area contributed by atoms with E-state index >= 15 is 0 Å². The number of hydrogen-bond acceptors (Lipinski definition) is 5. The van der Waals surface area contributed by atoms with Gasteiger partial charge in [-0.2, -0.15) is 0 Å². The van der Waals surface area contributed by atoms with E-state index in [1.165, 1.54) is 6.42 Å². The number of piperidine rings is 1. The summed E-state index contributed by atoms with van der Waals surface area (Å²) < 4.78 is 11.3. The van der Waals surface area contributed by atoms with Gasteiger partial charge in [0.15, 0.2) is 0 Å². The lowest BCUT2D eigenvalue weighted by molar-refractivity contribution is -0.132. The zero-order chi connectivity index (χ0) is 17.3. The molecule has 3 aliphatic rings. The van der Waals surface area contributed by atoms with Crippen molar-refractivity contribution < 1.29 is 14.3 Å². The second-order valence-corrected chi connectivity index (χ2v) is 8.04. The van der Waals surface area contributed by atoms with Crippen LogP contribution in [-0.4, -0.2) is 79.0 Å². The number of rotatable bonds is 4. The fraction of sp³-hybridized carbons (Fsp3) is 0.944. The van der Waals surface area contributed by atoms with Crippen molar-refractivity contribution >= 4 is 5.91 Å². The van der Waals surface area contributed by atoms with Crippen LogP contribution in [0.3, 0.4) is 0 Å². The van der Waals surface area contributed by atoms with E-state index in [1.54, 1.807) is 7.11 Å². The zero-order valence-corrected chi connectivity index (χ0v) is 15.6. The van der Waals surface area contributed by atoms with E-state index in [1.807, 2.05) is 0 Å². The molecular weight excluding hydrogens is 306 g/mol. The first kappa shape index (κ1) is 18.1. The molecule has 1 amide bonds.